The number of anilines is 1. The Morgan fingerprint density at radius 2 is 2.07 bits per heavy atom. The van der Waals surface area contributed by atoms with E-state index in [4.69, 9.17) is 16.9 Å². The molecule has 1 N–H and O–H groups in total. The zero-order valence-electron chi connectivity index (χ0n) is 14.8. The molecule has 0 aliphatic carbocycles. The molecule has 0 radical (unpaired) electrons. The Balaban J connectivity index is 1.69. The van der Waals surface area contributed by atoms with Crippen molar-refractivity contribution in [2.45, 2.75) is 25.5 Å². The molecule has 2 heterocycles. The lowest BCUT2D eigenvalue weighted by Crippen LogP contribution is -2.14. The van der Waals surface area contributed by atoms with Gasteiger partial charge in [0.2, 0.25) is 5.91 Å². The number of thiophene rings is 1. The van der Waals surface area contributed by atoms with E-state index < -0.39 is 0 Å². The van der Waals surface area contributed by atoms with Crippen LogP contribution in [0.4, 0.5) is 5.00 Å². The molecule has 0 bridgehead atoms. The number of nitrogens with one attached hydrogen (secondary N) is 1. The number of nitrogens with zero attached hydrogens (tertiary/aromatic N) is 3. The number of carbonyl (C=O) groups is 1. The van der Waals surface area contributed by atoms with E-state index in [-0.39, 0.29) is 11.7 Å². The topological polar surface area (TPSA) is 70.7 Å². The predicted molar refractivity (Wildman–Crippen MR) is 111 cm³/mol. The van der Waals surface area contributed by atoms with Crippen LogP contribution in [0.15, 0.2) is 40.9 Å². The van der Waals surface area contributed by atoms with Crippen LogP contribution in [0.3, 0.4) is 0 Å². The maximum Gasteiger partial charge on any atom is 0.235 e. The molecule has 0 atom stereocenters. The molecule has 0 aliphatic heterocycles. The average molecular weight is 417 g/mol. The van der Waals surface area contributed by atoms with Gasteiger partial charge in [-0.1, -0.05) is 35.5 Å². The molecular formula is C19H17ClN4OS2. The highest BCUT2D eigenvalue weighted by molar-refractivity contribution is 7.99. The molecule has 1 amide bonds. The van der Waals surface area contributed by atoms with Crippen molar-refractivity contribution in [1.29, 1.82) is 5.26 Å². The van der Waals surface area contributed by atoms with Gasteiger partial charge in [-0.15, -0.1) is 11.3 Å². The Bertz CT molecular complexity index is 1000. The lowest BCUT2D eigenvalue weighted by molar-refractivity contribution is -0.113. The number of hydrogen-bond donors (Lipinski definition) is 1. The second kappa shape index (κ2) is 8.61. The molecule has 0 fully saturated rings. The number of amides is 1. The monoisotopic (exact) mass is 416 g/mol. The first kappa shape index (κ1) is 19.5. The second-order valence-corrected chi connectivity index (χ2v) is 8.18. The van der Waals surface area contributed by atoms with E-state index in [0.29, 0.717) is 22.1 Å². The average Bonchev–Trinajstić information content (AvgIpc) is 3.21. The fourth-order valence-corrected chi connectivity index (χ4v) is 4.25. The van der Waals surface area contributed by atoms with Crippen LogP contribution < -0.4 is 5.32 Å². The lowest BCUT2D eigenvalue weighted by atomic mass is 10.2. The van der Waals surface area contributed by atoms with Gasteiger partial charge in [-0.05, 0) is 43.0 Å². The summed E-state index contributed by atoms with van der Waals surface area (Å²) in [7, 11) is 0. The van der Waals surface area contributed by atoms with E-state index >= 15 is 0 Å². The largest absolute Gasteiger partial charge is 0.319 e. The van der Waals surface area contributed by atoms with E-state index in [1.165, 1.54) is 23.1 Å². The van der Waals surface area contributed by atoms with Crippen molar-refractivity contribution < 1.29 is 4.79 Å². The molecule has 3 rings (SSSR count). The van der Waals surface area contributed by atoms with Crippen molar-refractivity contribution in [1.82, 2.24) is 9.55 Å². The van der Waals surface area contributed by atoms with E-state index in [1.807, 2.05) is 38.1 Å². The zero-order valence-corrected chi connectivity index (χ0v) is 17.2. The molecule has 0 saturated carbocycles. The van der Waals surface area contributed by atoms with Crippen molar-refractivity contribution in [2.75, 3.05) is 11.1 Å². The third kappa shape index (κ3) is 4.72. The number of aromatic nitrogens is 2. The number of aryl methyl sites for hydroxylation is 1. The molecule has 138 valence electrons. The summed E-state index contributed by atoms with van der Waals surface area (Å²) in [6.07, 6.45) is 0. The number of rotatable bonds is 6. The highest BCUT2D eigenvalue weighted by Crippen LogP contribution is 2.25. The summed E-state index contributed by atoms with van der Waals surface area (Å²) in [5, 5.41) is 15.7. The minimum absolute atomic E-state index is 0.157. The van der Waals surface area contributed by atoms with Crippen molar-refractivity contribution in [2.24, 2.45) is 0 Å². The van der Waals surface area contributed by atoms with Gasteiger partial charge < -0.3 is 9.88 Å². The third-order valence-electron chi connectivity index (χ3n) is 4.05. The quantitative estimate of drug-likeness (QED) is 0.582. The van der Waals surface area contributed by atoms with Crippen LogP contribution >= 0.6 is 34.7 Å². The number of thioether (sulfide) groups is 1. The highest BCUT2D eigenvalue weighted by Gasteiger charge is 2.15. The van der Waals surface area contributed by atoms with Gasteiger partial charge in [0.05, 0.1) is 17.0 Å². The number of halogens is 1. The number of imidazole rings is 1. The zero-order chi connectivity index (χ0) is 19.4. The molecule has 3 aromatic rings. The molecular weight excluding hydrogens is 400 g/mol. The smallest absolute Gasteiger partial charge is 0.235 e. The summed E-state index contributed by atoms with van der Waals surface area (Å²) in [5.41, 5.74) is 3.60. The highest BCUT2D eigenvalue weighted by atomic mass is 35.5. The van der Waals surface area contributed by atoms with Crippen LogP contribution in [0, 0.1) is 25.2 Å². The Labute approximate surface area is 171 Å². The Morgan fingerprint density at radius 3 is 2.78 bits per heavy atom. The van der Waals surface area contributed by atoms with E-state index in [1.54, 1.807) is 11.4 Å². The van der Waals surface area contributed by atoms with E-state index in [9.17, 15) is 4.79 Å². The van der Waals surface area contributed by atoms with Crippen LogP contribution in [-0.4, -0.2) is 21.2 Å². The van der Waals surface area contributed by atoms with Gasteiger partial charge in [0, 0.05) is 17.3 Å². The van der Waals surface area contributed by atoms with Crippen molar-refractivity contribution in [3.05, 3.63) is 63.2 Å². The molecule has 0 aliphatic rings. The number of nitriles is 1. The van der Waals surface area contributed by atoms with Crippen LogP contribution in [0.25, 0.3) is 0 Å². The number of hydrogen-bond acceptors (Lipinski definition) is 5. The molecule has 2 aromatic heterocycles. The summed E-state index contributed by atoms with van der Waals surface area (Å²) in [6, 6.07) is 11.5. The fourth-order valence-electron chi connectivity index (χ4n) is 2.48. The van der Waals surface area contributed by atoms with Gasteiger partial charge >= 0.3 is 0 Å². The van der Waals surface area contributed by atoms with E-state index in [0.717, 1.165) is 22.1 Å². The fraction of sp³-hybridized carbons (Fsp3) is 0.211. The molecule has 1 aromatic carbocycles. The second-order valence-electron chi connectivity index (χ2n) is 5.89. The van der Waals surface area contributed by atoms with Crippen molar-refractivity contribution in [3.63, 3.8) is 0 Å². The Morgan fingerprint density at radius 1 is 1.33 bits per heavy atom. The number of carbonyl (C=O) groups excluding carboxylic acids is 1. The maximum atomic E-state index is 12.3. The van der Waals surface area contributed by atoms with Gasteiger partial charge in [-0.3, -0.25) is 4.79 Å². The molecule has 5 nitrogen and oxygen atoms in total. The summed E-state index contributed by atoms with van der Waals surface area (Å²) >= 11 is 8.68. The summed E-state index contributed by atoms with van der Waals surface area (Å²) in [5.74, 6) is 0.0644. The van der Waals surface area contributed by atoms with Crippen LogP contribution in [0.5, 0.6) is 0 Å². The van der Waals surface area contributed by atoms with E-state index in [2.05, 4.69) is 20.9 Å². The minimum Gasteiger partial charge on any atom is -0.319 e. The van der Waals surface area contributed by atoms with Crippen LogP contribution in [0.2, 0.25) is 5.02 Å². The van der Waals surface area contributed by atoms with Gasteiger partial charge in [-0.2, -0.15) is 5.26 Å². The SMILES string of the molecule is Cc1nc(SCC(=O)Nc2sccc2C#N)n(Cc2ccc(Cl)cc2)c1C. The van der Waals surface area contributed by atoms with Crippen LogP contribution in [-0.2, 0) is 11.3 Å². The van der Waals surface area contributed by atoms with Crippen LogP contribution in [0.1, 0.15) is 22.5 Å². The van der Waals surface area contributed by atoms with Crippen molar-refractivity contribution in [3.8, 4) is 6.07 Å². The predicted octanol–water partition coefficient (Wildman–Crippen LogP) is 4.87. The molecule has 0 spiro atoms. The minimum atomic E-state index is -0.157. The maximum absolute atomic E-state index is 12.3. The molecule has 0 saturated heterocycles. The Hall–Kier alpha value is -2.27. The normalized spacial score (nSPS) is 10.6. The molecule has 27 heavy (non-hydrogen) atoms. The summed E-state index contributed by atoms with van der Waals surface area (Å²) in [6.45, 7) is 4.65. The van der Waals surface area contributed by atoms with Gasteiger partial charge in [0.25, 0.3) is 0 Å². The third-order valence-corrected chi connectivity index (χ3v) is 6.11. The van der Waals surface area contributed by atoms with Gasteiger partial charge in [-0.25, -0.2) is 4.98 Å². The number of benzene rings is 1. The molecule has 0 unspecified atom stereocenters. The van der Waals surface area contributed by atoms with Gasteiger partial charge in [0.15, 0.2) is 5.16 Å². The van der Waals surface area contributed by atoms with Gasteiger partial charge in [0.1, 0.15) is 11.1 Å². The Kier molecular flexibility index (Phi) is 6.22. The lowest BCUT2D eigenvalue weighted by Gasteiger charge is -2.10. The van der Waals surface area contributed by atoms with Crippen molar-refractivity contribution >= 4 is 45.6 Å². The first-order chi connectivity index (χ1) is 13.0. The summed E-state index contributed by atoms with van der Waals surface area (Å²) in [4.78, 5) is 16.9. The molecule has 8 heteroatoms. The summed E-state index contributed by atoms with van der Waals surface area (Å²) < 4.78 is 2.10. The first-order valence-corrected chi connectivity index (χ1v) is 10.4. The standard InChI is InChI=1S/C19H17ClN4OS2/c1-12-13(2)24(10-14-3-5-16(20)6-4-14)19(22-12)27-11-17(25)23-18-15(9-21)7-8-26-18/h3-8H,10-11H2,1-2H3,(H,23,25). The first-order valence-electron chi connectivity index (χ1n) is 8.16.